The normalized spacial score (nSPS) is 10.3. The van der Waals surface area contributed by atoms with E-state index in [-0.39, 0.29) is 5.91 Å². The van der Waals surface area contributed by atoms with Crippen molar-refractivity contribution in [2.75, 3.05) is 10.6 Å². The summed E-state index contributed by atoms with van der Waals surface area (Å²) in [5.41, 5.74) is 3.08. The van der Waals surface area contributed by atoms with E-state index in [0.717, 1.165) is 15.6 Å². The van der Waals surface area contributed by atoms with Crippen molar-refractivity contribution >= 4 is 33.3 Å². The van der Waals surface area contributed by atoms with Crippen molar-refractivity contribution in [1.29, 1.82) is 0 Å². The topological polar surface area (TPSA) is 79.8 Å². The third-order valence-electron chi connectivity index (χ3n) is 3.51. The average molecular weight is 398 g/mol. The molecule has 0 aliphatic carbocycles. The van der Waals surface area contributed by atoms with Crippen LogP contribution in [0.4, 0.5) is 11.5 Å². The monoisotopic (exact) mass is 397 g/mol. The fourth-order valence-corrected chi connectivity index (χ4v) is 2.44. The van der Waals surface area contributed by atoms with E-state index in [9.17, 15) is 4.79 Å². The van der Waals surface area contributed by atoms with E-state index in [1.165, 1.54) is 6.33 Å². The molecule has 2 heterocycles. The molecule has 0 saturated carbocycles. The van der Waals surface area contributed by atoms with Gasteiger partial charge in [-0.2, -0.15) is 0 Å². The van der Waals surface area contributed by atoms with Crippen molar-refractivity contribution < 1.29 is 4.79 Å². The number of benzene rings is 1. The number of rotatable bonds is 5. The zero-order valence-electron chi connectivity index (χ0n) is 13.5. The maximum Gasteiger partial charge on any atom is 0.274 e. The summed E-state index contributed by atoms with van der Waals surface area (Å²) in [6, 6.07) is 11.1. The van der Waals surface area contributed by atoms with Gasteiger partial charge in [0.05, 0.1) is 0 Å². The predicted molar refractivity (Wildman–Crippen MR) is 100 cm³/mol. The highest BCUT2D eigenvalue weighted by atomic mass is 79.9. The van der Waals surface area contributed by atoms with Crippen LogP contribution >= 0.6 is 15.9 Å². The summed E-state index contributed by atoms with van der Waals surface area (Å²) in [6.07, 6.45) is 4.87. The highest BCUT2D eigenvalue weighted by molar-refractivity contribution is 9.10. The molecule has 0 atom stereocenters. The van der Waals surface area contributed by atoms with Crippen LogP contribution in [-0.2, 0) is 6.54 Å². The summed E-state index contributed by atoms with van der Waals surface area (Å²) in [5, 5.41) is 6.00. The van der Waals surface area contributed by atoms with Crippen molar-refractivity contribution in [2.45, 2.75) is 13.5 Å². The van der Waals surface area contributed by atoms with Crippen LogP contribution in [0.5, 0.6) is 0 Å². The summed E-state index contributed by atoms with van der Waals surface area (Å²) >= 11 is 3.44. The number of aryl methyl sites for hydroxylation is 1. The number of anilines is 2. The second kappa shape index (κ2) is 7.85. The van der Waals surface area contributed by atoms with Gasteiger partial charge >= 0.3 is 0 Å². The number of carbonyl (C=O) groups is 1. The molecule has 0 saturated heterocycles. The van der Waals surface area contributed by atoms with E-state index in [2.05, 4.69) is 41.5 Å². The van der Waals surface area contributed by atoms with Crippen LogP contribution in [0.3, 0.4) is 0 Å². The standard InChI is InChI=1S/C18H16BrN5O/c1-12-7-14(4-5-15(12)19)24-18(25)16-8-17(23-11-22-16)21-10-13-3-2-6-20-9-13/h2-9,11H,10H2,1H3,(H,24,25)(H,21,22,23). The number of hydrogen-bond donors (Lipinski definition) is 2. The van der Waals surface area contributed by atoms with Crippen LogP contribution in [-0.4, -0.2) is 20.9 Å². The summed E-state index contributed by atoms with van der Waals surface area (Å²) in [7, 11) is 0. The lowest BCUT2D eigenvalue weighted by molar-refractivity contribution is 0.102. The van der Waals surface area contributed by atoms with Crippen molar-refractivity contribution in [3.8, 4) is 0 Å². The second-order valence-electron chi connectivity index (χ2n) is 5.42. The van der Waals surface area contributed by atoms with Crippen molar-refractivity contribution in [1.82, 2.24) is 15.0 Å². The molecule has 2 N–H and O–H groups in total. The third-order valence-corrected chi connectivity index (χ3v) is 4.40. The van der Waals surface area contributed by atoms with Crippen LogP contribution in [0, 0.1) is 6.92 Å². The molecule has 7 heteroatoms. The zero-order chi connectivity index (χ0) is 17.6. The molecule has 3 rings (SSSR count). The first-order valence-corrected chi connectivity index (χ1v) is 8.43. The number of carbonyl (C=O) groups excluding carboxylic acids is 1. The molecule has 2 aromatic heterocycles. The van der Waals surface area contributed by atoms with Gasteiger partial charge in [0.25, 0.3) is 5.91 Å². The lowest BCUT2D eigenvalue weighted by atomic mass is 10.2. The summed E-state index contributed by atoms with van der Waals surface area (Å²) in [6.45, 7) is 2.53. The quantitative estimate of drug-likeness (QED) is 0.684. The molecule has 0 unspecified atom stereocenters. The molecule has 0 radical (unpaired) electrons. The molecule has 0 fully saturated rings. The van der Waals surface area contributed by atoms with Gasteiger partial charge in [-0.05, 0) is 42.3 Å². The predicted octanol–water partition coefficient (Wildman–Crippen LogP) is 3.81. The van der Waals surface area contributed by atoms with Crippen LogP contribution < -0.4 is 10.6 Å². The molecular formula is C18H16BrN5O. The maximum atomic E-state index is 12.4. The fraction of sp³-hybridized carbons (Fsp3) is 0.111. The van der Waals surface area contributed by atoms with E-state index in [4.69, 9.17) is 0 Å². The molecule has 126 valence electrons. The van der Waals surface area contributed by atoms with Gasteiger partial charge < -0.3 is 10.6 Å². The highest BCUT2D eigenvalue weighted by Crippen LogP contribution is 2.20. The second-order valence-corrected chi connectivity index (χ2v) is 6.28. The minimum Gasteiger partial charge on any atom is -0.366 e. The molecule has 1 amide bonds. The first-order chi connectivity index (χ1) is 12.1. The Morgan fingerprint density at radius 3 is 2.84 bits per heavy atom. The van der Waals surface area contributed by atoms with Crippen LogP contribution in [0.25, 0.3) is 0 Å². The summed E-state index contributed by atoms with van der Waals surface area (Å²) in [4.78, 5) is 24.6. The number of hydrogen-bond acceptors (Lipinski definition) is 5. The van der Waals surface area contributed by atoms with Gasteiger partial charge in [0.1, 0.15) is 17.8 Å². The molecule has 0 aliphatic rings. The van der Waals surface area contributed by atoms with E-state index < -0.39 is 0 Å². The molecule has 3 aromatic rings. The average Bonchev–Trinajstić information content (AvgIpc) is 2.64. The van der Waals surface area contributed by atoms with Gasteiger partial charge in [0, 0.05) is 35.2 Å². The van der Waals surface area contributed by atoms with Gasteiger partial charge in [-0.3, -0.25) is 9.78 Å². The lowest BCUT2D eigenvalue weighted by Gasteiger charge is -2.08. The minimum atomic E-state index is -0.284. The van der Waals surface area contributed by atoms with Gasteiger partial charge in [-0.15, -0.1) is 0 Å². The zero-order valence-corrected chi connectivity index (χ0v) is 15.1. The van der Waals surface area contributed by atoms with Gasteiger partial charge in [-0.25, -0.2) is 9.97 Å². The Morgan fingerprint density at radius 2 is 2.08 bits per heavy atom. The molecule has 1 aromatic carbocycles. The first kappa shape index (κ1) is 17.0. The van der Waals surface area contributed by atoms with Crippen molar-refractivity contribution in [2.24, 2.45) is 0 Å². The van der Waals surface area contributed by atoms with Gasteiger partial charge in [0.2, 0.25) is 0 Å². The maximum absolute atomic E-state index is 12.4. The number of halogens is 1. The minimum absolute atomic E-state index is 0.284. The van der Waals surface area contributed by atoms with Crippen molar-refractivity contribution in [3.05, 3.63) is 76.4 Å². The molecule has 0 spiro atoms. The molecule has 0 aliphatic heterocycles. The van der Waals surface area contributed by atoms with E-state index in [1.54, 1.807) is 18.5 Å². The van der Waals surface area contributed by atoms with Crippen LogP contribution in [0.1, 0.15) is 21.6 Å². The summed E-state index contributed by atoms with van der Waals surface area (Å²) < 4.78 is 0.995. The van der Waals surface area contributed by atoms with E-state index in [0.29, 0.717) is 23.7 Å². The van der Waals surface area contributed by atoms with Gasteiger partial charge in [-0.1, -0.05) is 22.0 Å². The SMILES string of the molecule is Cc1cc(NC(=O)c2cc(NCc3cccnc3)ncn2)ccc1Br. The summed E-state index contributed by atoms with van der Waals surface area (Å²) in [5.74, 6) is 0.296. The Hall–Kier alpha value is -2.80. The fourth-order valence-electron chi connectivity index (χ4n) is 2.19. The number of pyridine rings is 1. The third kappa shape index (κ3) is 4.60. The first-order valence-electron chi connectivity index (χ1n) is 7.64. The van der Waals surface area contributed by atoms with Gasteiger partial charge in [0.15, 0.2) is 0 Å². The molecule has 25 heavy (non-hydrogen) atoms. The number of aromatic nitrogens is 3. The Kier molecular flexibility index (Phi) is 5.35. The smallest absolute Gasteiger partial charge is 0.274 e. The largest absolute Gasteiger partial charge is 0.366 e. The number of nitrogens with one attached hydrogen (secondary N) is 2. The Labute approximate surface area is 153 Å². The highest BCUT2D eigenvalue weighted by Gasteiger charge is 2.10. The van der Waals surface area contributed by atoms with Crippen LogP contribution in [0.2, 0.25) is 0 Å². The van der Waals surface area contributed by atoms with E-state index in [1.807, 2.05) is 37.3 Å². The number of nitrogens with zero attached hydrogens (tertiary/aromatic N) is 3. The van der Waals surface area contributed by atoms with Crippen molar-refractivity contribution in [3.63, 3.8) is 0 Å². The lowest BCUT2D eigenvalue weighted by Crippen LogP contribution is -2.14. The Morgan fingerprint density at radius 1 is 1.20 bits per heavy atom. The van der Waals surface area contributed by atoms with E-state index >= 15 is 0 Å². The Balaban J connectivity index is 1.67. The molecule has 0 bridgehead atoms. The number of amides is 1. The van der Waals surface area contributed by atoms with Crippen LogP contribution in [0.15, 0.2) is 59.6 Å². The Bertz CT molecular complexity index is 886. The molecule has 6 nitrogen and oxygen atoms in total. The molecular weight excluding hydrogens is 382 g/mol.